The molecule has 4 rings (SSSR count). The standard InChI is InChI=1S/C25H18ClFN2O5S2/c1-2-33-22-11-15(9-10-21(22)34-14-18-19(26)7-4-8-20(18)27)12-23-24(30)28(25(35)36-23)16-5-3-6-17(13-16)29(31)32/h3-13H,2,14H2,1H3. The Bertz CT molecular complexity index is 1380. The smallest absolute Gasteiger partial charge is 0.271 e. The Kier molecular flexibility index (Phi) is 7.88. The number of hydrogen-bond acceptors (Lipinski definition) is 7. The number of thioether (sulfide) groups is 1. The number of hydrogen-bond donors (Lipinski definition) is 0. The number of nitrogens with zero attached hydrogens (tertiary/aromatic N) is 2. The fourth-order valence-electron chi connectivity index (χ4n) is 3.41. The van der Waals surface area contributed by atoms with Crippen LogP contribution in [0.3, 0.4) is 0 Å². The number of nitro benzene ring substituents is 1. The first-order valence-electron chi connectivity index (χ1n) is 10.6. The Labute approximate surface area is 220 Å². The molecule has 0 bridgehead atoms. The summed E-state index contributed by atoms with van der Waals surface area (Å²) in [6.45, 7) is 2.08. The van der Waals surface area contributed by atoms with Crippen LogP contribution in [0.25, 0.3) is 6.08 Å². The fraction of sp³-hybridized carbons (Fsp3) is 0.120. The fourth-order valence-corrected chi connectivity index (χ4v) is 4.93. The van der Waals surface area contributed by atoms with Crippen molar-refractivity contribution in [3.8, 4) is 11.5 Å². The van der Waals surface area contributed by atoms with Gasteiger partial charge in [-0.3, -0.25) is 19.8 Å². The highest BCUT2D eigenvalue weighted by molar-refractivity contribution is 8.27. The Morgan fingerprint density at radius 3 is 2.64 bits per heavy atom. The Balaban J connectivity index is 1.57. The first kappa shape index (κ1) is 25.6. The van der Waals surface area contributed by atoms with Crippen LogP contribution in [0, 0.1) is 15.9 Å². The van der Waals surface area contributed by atoms with Crippen molar-refractivity contribution < 1.29 is 23.6 Å². The van der Waals surface area contributed by atoms with Gasteiger partial charge in [-0.1, -0.05) is 53.8 Å². The molecule has 3 aromatic rings. The van der Waals surface area contributed by atoms with Gasteiger partial charge in [-0.25, -0.2) is 4.39 Å². The van der Waals surface area contributed by atoms with Gasteiger partial charge in [0.05, 0.1) is 27.1 Å². The van der Waals surface area contributed by atoms with E-state index >= 15 is 0 Å². The van der Waals surface area contributed by atoms with E-state index in [0.29, 0.717) is 34.3 Å². The third-order valence-corrected chi connectivity index (χ3v) is 6.75. The summed E-state index contributed by atoms with van der Waals surface area (Å²) in [6, 6.07) is 15.2. The largest absolute Gasteiger partial charge is 0.490 e. The van der Waals surface area contributed by atoms with Gasteiger partial charge in [0.1, 0.15) is 12.4 Å². The van der Waals surface area contributed by atoms with E-state index in [4.69, 9.17) is 33.3 Å². The number of non-ortho nitro benzene ring substituents is 1. The quantitative estimate of drug-likeness (QED) is 0.134. The maximum Gasteiger partial charge on any atom is 0.271 e. The lowest BCUT2D eigenvalue weighted by molar-refractivity contribution is -0.384. The van der Waals surface area contributed by atoms with Crippen LogP contribution in [0.2, 0.25) is 5.02 Å². The normalized spacial score (nSPS) is 14.4. The molecule has 1 aliphatic heterocycles. The maximum absolute atomic E-state index is 14.1. The first-order valence-corrected chi connectivity index (χ1v) is 12.2. The minimum absolute atomic E-state index is 0.0905. The lowest BCUT2D eigenvalue weighted by atomic mass is 10.1. The molecule has 0 aliphatic carbocycles. The van der Waals surface area contributed by atoms with E-state index < -0.39 is 16.6 Å². The number of carbonyl (C=O) groups excluding carboxylic acids is 1. The van der Waals surface area contributed by atoms with E-state index in [1.807, 2.05) is 6.92 Å². The van der Waals surface area contributed by atoms with Crippen molar-refractivity contribution in [2.75, 3.05) is 11.5 Å². The monoisotopic (exact) mass is 544 g/mol. The number of anilines is 1. The van der Waals surface area contributed by atoms with Gasteiger partial charge < -0.3 is 9.47 Å². The van der Waals surface area contributed by atoms with Crippen molar-refractivity contribution in [3.63, 3.8) is 0 Å². The Hall–Kier alpha value is -3.47. The van der Waals surface area contributed by atoms with Crippen LogP contribution in [0.1, 0.15) is 18.1 Å². The van der Waals surface area contributed by atoms with Crippen molar-refractivity contribution in [3.05, 3.63) is 97.6 Å². The number of benzene rings is 3. The summed E-state index contributed by atoms with van der Waals surface area (Å²) < 4.78 is 25.8. The van der Waals surface area contributed by atoms with E-state index in [9.17, 15) is 19.3 Å². The number of thiocarbonyl (C=S) groups is 1. The van der Waals surface area contributed by atoms with Crippen molar-refractivity contribution in [1.82, 2.24) is 0 Å². The number of carbonyl (C=O) groups is 1. The molecule has 1 fully saturated rings. The molecule has 0 N–H and O–H groups in total. The van der Waals surface area contributed by atoms with Crippen LogP contribution in [-0.2, 0) is 11.4 Å². The topological polar surface area (TPSA) is 81.9 Å². The molecule has 7 nitrogen and oxygen atoms in total. The molecule has 1 aliphatic rings. The molecular formula is C25H18ClFN2O5S2. The Morgan fingerprint density at radius 1 is 1.14 bits per heavy atom. The summed E-state index contributed by atoms with van der Waals surface area (Å²) >= 11 is 12.5. The Morgan fingerprint density at radius 2 is 1.92 bits per heavy atom. The summed E-state index contributed by atoms with van der Waals surface area (Å²) in [5.74, 6) is -0.0637. The molecule has 0 saturated carbocycles. The van der Waals surface area contributed by atoms with E-state index in [1.165, 1.54) is 35.2 Å². The molecule has 184 valence electrons. The second-order valence-electron chi connectivity index (χ2n) is 7.42. The number of nitro groups is 1. The molecule has 1 saturated heterocycles. The molecule has 1 amide bonds. The van der Waals surface area contributed by atoms with Gasteiger partial charge in [0.15, 0.2) is 15.8 Å². The highest BCUT2D eigenvalue weighted by Gasteiger charge is 2.34. The minimum atomic E-state index is -0.532. The zero-order chi connectivity index (χ0) is 25.8. The lowest BCUT2D eigenvalue weighted by Gasteiger charge is -2.14. The third-order valence-electron chi connectivity index (χ3n) is 5.09. The number of rotatable bonds is 8. The van der Waals surface area contributed by atoms with Gasteiger partial charge in [-0.15, -0.1) is 0 Å². The molecule has 0 spiro atoms. The van der Waals surface area contributed by atoms with Crippen molar-refractivity contribution in [2.24, 2.45) is 0 Å². The van der Waals surface area contributed by atoms with Crippen LogP contribution in [0.15, 0.2) is 65.6 Å². The van der Waals surface area contributed by atoms with E-state index in [1.54, 1.807) is 36.4 Å². The van der Waals surface area contributed by atoms with Crippen LogP contribution < -0.4 is 14.4 Å². The van der Waals surface area contributed by atoms with Gasteiger partial charge in [-0.05, 0) is 48.9 Å². The molecule has 0 radical (unpaired) electrons. The predicted octanol–water partition coefficient (Wildman–Crippen LogP) is 6.77. The second-order valence-corrected chi connectivity index (χ2v) is 9.51. The number of amides is 1. The zero-order valence-corrected chi connectivity index (χ0v) is 21.2. The summed E-state index contributed by atoms with van der Waals surface area (Å²) in [4.78, 5) is 25.3. The van der Waals surface area contributed by atoms with Crippen molar-refractivity contribution in [2.45, 2.75) is 13.5 Å². The average Bonchev–Trinajstić information content (AvgIpc) is 3.12. The summed E-state index contributed by atoms with van der Waals surface area (Å²) in [5, 5.41) is 11.4. The van der Waals surface area contributed by atoms with Crippen LogP contribution in [0.4, 0.5) is 15.8 Å². The molecule has 0 aromatic heterocycles. The highest BCUT2D eigenvalue weighted by atomic mass is 35.5. The molecule has 0 unspecified atom stereocenters. The van der Waals surface area contributed by atoms with Gasteiger partial charge in [0.2, 0.25) is 0 Å². The van der Waals surface area contributed by atoms with E-state index in [0.717, 1.165) is 11.8 Å². The molecule has 0 atom stereocenters. The molecule has 1 heterocycles. The summed E-state index contributed by atoms with van der Waals surface area (Å²) in [7, 11) is 0. The van der Waals surface area contributed by atoms with E-state index in [2.05, 4.69) is 0 Å². The lowest BCUT2D eigenvalue weighted by Crippen LogP contribution is -2.27. The van der Waals surface area contributed by atoms with Gasteiger partial charge in [0, 0.05) is 17.7 Å². The van der Waals surface area contributed by atoms with Crippen LogP contribution >= 0.6 is 35.6 Å². The van der Waals surface area contributed by atoms with Gasteiger partial charge >= 0.3 is 0 Å². The number of ether oxygens (including phenoxy) is 2. The van der Waals surface area contributed by atoms with Crippen molar-refractivity contribution in [1.29, 1.82) is 0 Å². The highest BCUT2D eigenvalue weighted by Crippen LogP contribution is 2.38. The first-order chi connectivity index (χ1) is 17.3. The molecule has 36 heavy (non-hydrogen) atoms. The minimum Gasteiger partial charge on any atom is -0.490 e. The number of halogens is 2. The summed E-state index contributed by atoms with van der Waals surface area (Å²) in [5.41, 5.74) is 1.06. The summed E-state index contributed by atoms with van der Waals surface area (Å²) in [6.07, 6.45) is 1.65. The van der Waals surface area contributed by atoms with Crippen molar-refractivity contribution >= 4 is 63.3 Å². The van der Waals surface area contributed by atoms with Gasteiger partial charge in [-0.2, -0.15) is 0 Å². The SMILES string of the molecule is CCOc1cc(C=C2SC(=S)N(c3cccc([N+](=O)[O-])c3)C2=O)ccc1OCc1c(F)cccc1Cl. The third kappa shape index (κ3) is 5.51. The van der Waals surface area contributed by atoms with Gasteiger partial charge in [0.25, 0.3) is 11.6 Å². The van der Waals surface area contributed by atoms with Crippen LogP contribution in [-0.4, -0.2) is 21.8 Å². The van der Waals surface area contributed by atoms with E-state index in [-0.39, 0.29) is 27.2 Å². The zero-order valence-electron chi connectivity index (χ0n) is 18.8. The second kappa shape index (κ2) is 11.1. The maximum atomic E-state index is 14.1. The molecule has 11 heteroatoms. The molecule has 3 aromatic carbocycles. The average molecular weight is 545 g/mol. The molecular weight excluding hydrogens is 527 g/mol. The predicted molar refractivity (Wildman–Crippen MR) is 142 cm³/mol. The van der Waals surface area contributed by atoms with Crippen LogP contribution in [0.5, 0.6) is 11.5 Å².